The number of rotatable bonds is 2. The van der Waals surface area contributed by atoms with Crippen molar-refractivity contribution in [1.82, 2.24) is 14.4 Å². The fourth-order valence-corrected chi connectivity index (χ4v) is 2.07. The van der Waals surface area contributed by atoms with E-state index in [0.717, 1.165) is 22.7 Å². The monoisotopic (exact) mass is 266 g/mol. The van der Waals surface area contributed by atoms with Gasteiger partial charge in [-0.05, 0) is 38.1 Å². The molecule has 3 aromatic rings. The van der Waals surface area contributed by atoms with Crippen LogP contribution in [0.25, 0.3) is 5.65 Å². The van der Waals surface area contributed by atoms with Gasteiger partial charge in [0.15, 0.2) is 0 Å². The van der Waals surface area contributed by atoms with Gasteiger partial charge in [0.1, 0.15) is 5.65 Å². The number of aryl methyl sites for hydroxylation is 2. The molecule has 100 valence electrons. The number of fused-ring (bicyclic) bond motifs is 1. The zero-order chi connectivity index (χ0) is 14.1. The molecular weight excluding hydrogens is 252 g/mol. The van der Waals surface area contributed by atoms with Crippen molar-refractivity contribution in [2.45, 2.75) is 13.8 Å². The molecule has 0 unspecified atom stereocenters. The van der Waals surface area contributed by atoms with Crippen LogP contribution in [0.2, 0.25) is 0 Å². The van der Waals surface area contributed by atoms with Crippen LogP contribution in [0.4, 0.5) is 5.69 Å². The number of hydrogen-bond acceptors (Lipinski definition) is 3. The summed E-state index contributed by atoms with van der Waals surface area (Å²) in [6.45, 7) is 3.80. The van der Waals surface area contributed by atoms with E-state index in [1.807, 2.05) is 42.6 Å². The normalized spacial score (nSPS) is 10.7. The second-order valence-electron chi connectivity index (χ2n) is 4.65. The lowest BCUT2D eigenvalue weighted by Crippen LogP contribution is -2.14. The second-order valence-corrected chi connectivity index (χ2v) is 4.65. The average Bonchev–Trinajstić information content (AvgIpc) is 2.89. The Morgan fingerprint density at radius 1 is 1.20 bits per heavy atom. The molecule has 5 heteroatoms. The van der Waals surface area contributed by atoms with Gasteiger partial charge in [0, 0.05) is 24.3 Å². The number of nitrogens with one attached hydrogen (secondary N) is 1. The summed E-state index contributed by atoms with van der Waals surface area (Å²) < 4.78 is 1.81. The van der Waals surface area contributed by atoms with Gasteiger partial charge in [-0.3, -0.25) is 9.78 Å². The van der Waals surface area contributed by atoms with Gasteiger partial charge in [-0.15, -0.1) is 0 Å². The molecule has 0 aliphatic carbocycles. The molecule has 1 N–H and O–H groups in total. The van der Waals surface area contributed by atoms with Crippen LogP contribution in [-0.4, -0.2) is 20.3 Å². The maximum atomic E-state index is 12.2. The average molecular weight is 266 g/mol. The Kier molecular flexibility index (Phi) is 2.95. The van der Waals surface area contributed by atoms with Gasteiger partial charge in [-0.25, -0.2) is 4.98 Å². The lowest BCUT2D eigenvalue weighted by Gasteiger charge is -2.08. The number of aromatic nitrogens is 3. The van der Waals surface area contributed by atoms with Crippen LogP contribution in [0, 0.1) is 13.8 Å². The molecule has 0 aromatic carbocycles. The van der Waals surface area contributed by atoms with E-state index in [2.05, 4.69) is 15.3 Å². The summed E-state index contributed by atoms with van der Waals surface area (Å²) in [6.07, 6.45) is 5.27. The number of nitrogens with zero attached hydrogens (tertiary/aromatic N) is 3. The highest BCUT2D eigenvalue weighted by atomic mass is 16.1. The van der Waals surface area contributed by atoms with Gasteiger partial charge >= 0.3 is 0 Å². The smallest absolute Gasteiger partial charge is 0.257 e. The Hall–Kier alpha value is -2.69. The lowest BCUT2D eigenvalue weighted by atomic mass is 10.2. The molecule has 3 aromatic heterocycles. The topological polar surface area (TPSA) is 59.3 Å². The number of hydrogen-bond donors (Lipinski definition) is 1. The van der Waals surface area contributed by atoms with Crippen LogP contribution in [0.15, 0.2) is 42.9 Å². The summed E-state index contributed by atoms with van der Waals surface area (Å²) in [7, 11) is 0. The first kappa shape index (κ1) is 12.3. The number of anilines is 1. The van der Waals surface area contributed by atoms with Gasteiger partial charge in [-0.2, -0.15) is 0 Å². The molecule has 0 spiro atoms. The van der Waals surface area contributed by atoms with E-state index in [1.54, 1.807) is 18.5 Å². The van der Waals surface area contributed by atoms with E-state index in [1.165, 1.54) is 0 Å². The van der Waals surface area contributed by atoms with E-state index >= 15 is 0 Å². The summed E-state index contributed by atoms with van der Waals surface area (Å²) in [4.78, 5) is 20.7. The number of carbonyl (C=O) groups excluding carboxylic acids is 1. The van der Waals surface area contributed by atoms with E-state index in [4.69, 9.17) is 0 Å². The highest BCUT2D eigenvalue weighted by Crippen LogP contribution is 2.14. The summed E-state index contributed by atoms with van der Waals surface area (Å²) in [6, 6.07) is 7.32. The van der Waals surface area contributed by atoms with Gasteiger partial charge in [-0.1, -0.05) is 0 Å². The van der Waals surface area contributed by atoms with E-state index in [9.17, 15) is 4.79 Å². The lowest BCUT2D eigenvalue weighted by molar-refractivity contribution is 0.102. The molecule has 0 fully saturated rings. The summed E-state index contributed by atoms with van der Waals surface area (Å²) in [5, 5.41) is 2.88. The predicted octanol–water partition coefficient (Wildman–Crippen LogP) is 2.60. The predicted molar refractivity (Wildman–Crippen MR) is 76.9 cm³/mol. The molecule has 0 radical (unpaired) electrons. The molecule has 3 rings (SSSR count). The van der Waals surface area contributed by atoms with Crippen LogP contribution < -0.4 is 5.32 Å². The molecule has 0 saturated carbocycles. The number of carbonyl (C=O) groups is 1. The minimum absolute atomic E-state index is 0.158. The Morgan fingerprint density at radius 3 is 2.85 bits per heavy atom. The van der Waals surface area contributed by atoms with Crippen molar-refractivity contribution in [2.24, 2.45) is 0 Å². The Labute approximate surface area is 116 Å². The van der Waals surface area contributed by atoms with Crippen LogP contribution in [-0.2, 0) is 0 Å². The molecule has 5 nitrogen and oxygen atoms in total. The van der Waals surface area contributed by atoms with Crippen molar-refractivity contribution < 1.29 is 4.79 Å². The van der Waals surface area contributed by atoms with Crippen molar-refractivity contribution >= 4 is 17.2 Å². The molecular formula is C15H14N4O. The molecule has 0 aliphatic heterocycles. The van der Waals surface area contributed by atoms with E-state index < -0.39 is 0 Å². The maximum Gasteiger partial charge on any atom is 0.257 e. The standard InChI is InChI=1S/C15H14N4O/c1-10-3-5-13(11(2)17-10)18-15(20)12-4-6-14-16-7-8-19(14)9-12/h3-9H,1-2H3,(H,18,20). The third-order valence-corrected chi connectivity index (χ3v) is 3.12. The van der Waals surface area contributed by atoms with Gasteiger partial charge in [0.05, 0.1) is 16.9 Å². The van der Waals surface area contributed by atoms with Crippen molar-refractivity contribution in [3.63, 3.8) is 0 Å². The SMILES string of the molecule is Cc1ccc(NC(=O)c2ccc3nccn3c2)c(C)n1. The Balaban J connectivity index is 1.88. The molecule has 0 atom stereocenters. The van der Waals surface area contributed by atoms with Crippen LogP contribution >= 0.6 is 0 Å². The highest BCUT2D eigenvalue weighted by molar-refractivity contribution is 6.04. The van der Waals surface area contributed by atoms with Crippen LogP contribution in [0.1, 0.15) is 21.7 Å². The summed E-state index contributed by atoms with van der Waals surface area (Å²) in [5.41, 5.74) is 3.86. The van der Waals surface area contributed by atoms with Crippen molar-refractivity contribution in [3.05, 3.63) is 59.8 Å². The first-order chi connectivity index (χ1) is 9.63. The highest BCUT2D eigenvalue weighted by Gasteiger charge is 2.09. The van der Waals surface area contributed by atoms with E-state index in [0.29, 0.717) is 5.56 Å². The number of amides is 1. The van der Waals surface area contributed by atoms with Crippen LogP contribution in [0.3, 0.4) is 0 Å². The Bertz CT molecular complexity index is 791. The van der Waals surface area contributed by atoms with E-state index in [-0.39, 0.29) is 5.91 Å². The first-order valence-corrected chi connectivity index (χ1v) is 6.32. The van der Waals surface area contributed by atoms with Gasteiger partial charge in [0.25, 0.3) is 5.91 Å². The molecule has 0 bridgehead atoms. The zero-order valence-electron chi connectivity index (χ0n) is 11.3. The quantitative estimate of drug-likeness (QED) is 0.775. The first-order valence-electron chi connectivity index (χ1n) is 6.32. The number of pyridine rings is 2. The number of imidazole rings is 1. The zero-order valence-corrected chi connectivity index (χ0v) is 11.3. The van der Waals surface area contributed by atoms with Crippen molar-refractivity contribution in [2.75, 3.05) is 5.32 Å². The maximum absolute atomic E-state index is 12.2. The van der Waals surface area contributed by atoms with Crippen molar-refractivity contribution in [1.29, 1.82) is 0 Å². The van der Waals surface area contributed by atoms with Gasteiger partial charge in [0.2, 0.25) is 0 Å². The molecule has 1 amide bonds. The molecule has 3 heterocycles. The third kappa shape index (κ3) is 2.25. The molecule has 20 heavy (non-hydrogen) atoms. The van der Waals surface area contributed by atoms with Crippen LogP contribution in [0.5, 0.6) is 0 Å². The minimum atomic E-state index is -0.158. The fraction of sp³-hybridized carbons (Fsp3) is 0.133. The van der Waals surface area contributed by atoms with Gasteiger partial charge < -0.3 is 9.72 Å². The second kappa shape index (κ2) is 4.77. The molecule has 0 aliphatic rings. The fourth-order valence-electron chi connectivity index (χ4n) is 2.07. The molecule has 0 saturated heterocycles. The Morgan fingerprint density at radius 2 is 2.05 bits per heavy atom. The third-order valence-electron chi connectivity index (χ3n) is 3.12. The minimum Gasteiger partial charge on any atom is -0.320 e. The van der Waals surface area contributed by atoms with Crippen molar-refractivity contribution in [3.8, 4) is 0 Å². The largest absolute Gasteiger partial charge is 0.320 e. The summed E-state index contributed by atoms with van der Waals surface area (Å²) >= 11 is 0. The summed E-state index contributed by atoms with van der Waals surface area (Å²) in [5.74, 6) is -0.158.